The van der Waals surface area contributed by atoms with E-state index in [1.807, 2.05) is 0 Å². The summed E-state index contributed by atoms with van der Waals surface area (Å²) in [6, 6.07) is 3.47. The number of anilines is 1. The summed E-state index contributed by atoms with van der Waals surface area (Å²) in [6.07, 6.45) is -2.07. The molecule has 0 atom stereocenters. The van der Waals surface area contributed by atoms with E-state index in [1.54, 1.807) is 0 Å². The van der Waals surface area contributed by atoms with Crippen molar-refractivity contribution in [2.24, 2.45) is 0 Å². The molecule has 2 N–H and O–H groups in total. The van der Waals surface area contributed by atoms with Crippen LogP contribution in [0.2, 0.25) is 0 Å². The van der Waals surface area contributed by atoms with Crippen LogP contribution in [0.5, 0.6) is 0 Å². The van der Waals surface area contributed by atoms with E-state index in [0.717, 1.165) is 10.6 Å². The molecule has 2 aromatic rings. The molecule has 0 radical (unpaired) electrons. The summed E-state index contributed by atoms with van der Waals surface area (Å²) in [5, 5.41) is 0. The van der Waals surface area contributed by atoms with Gasteiger partial charge in [-0.15, -0.1) is 0 Å². The van der Waals surface area contributed by atoms with Crippen molar-refractivity contribution in [2.45, 2.75) is 12.7 Å². The average molecular weight is 348 g/mol. The predicted molar refractivity (Wildman–Crippen MR) is 71.2 cm³/mol. The minimum Gasteiger partial charge on any atom is -0.399 e. The number of benzene rings is 1. The van der Waals surface area contributed by atoms with E-state index in [-0.39, 0.29) is 22.3 Å². The molecule has 0 aliphatic rings. The minimum atomic E-state index is -4.53. The van der Waals surface area contributed by atoms with Crippen molar-refractivity contribution < 1.29 is 13.2 Å². The van der Waals surface area contributed by atoms with Gasteiger partial charge in [-0.05, 0) is 33.6 Å². The van der Waals surface area contributed by atoms with E-state index in [2.05, 4.69) is 20.9 Å². The highest BCUT2D eigenvalue weighted by Gasteiger charge is 2.33. The Labute approximate surface area is 120 Å². The molecule has 1 aromatic carbocycles. The second kappa shape index (κ2) is 5.28. The molecule has 0 aliphatic carbocycles. The van der Waals surface area contributed by atoms with Crippen molar-refractivity contribution >= 4 is 21.6 Å². The zero-order valence-corrected chi connectivity index (χ0v) is 11.6. The maximum absolute atomic E-state index is 12.9. The number of nitrogens with two attached hydrogens (primary N) is 1. The number of nitrogen functional groups attached to an aromatic ring is 1. The number of nitrogens with zero attached hydrogens (tertiary/aromatic N) is 2. The first-order valence-corrected chi connectivity index (χ1v) is 6.24. The van der Waals surface area contributed by atoms with Crippen LogP contribution < -0.4 is 11.3 Å². The van der Waals surface area contributed by atoms with Gasteiger partial charge in [0.2, 0.25) is 0 Å². The molecule has 0 saturated heterocycles. The third kappa shape index (κ3) is 3.01. The highest BCUT2D eigenvalue weighted by Crippen LogP contribution is 2.33. The zero-order valence-electron chi connectivity index (χ0n) is 9.99. The highest BCUT2D eigenvalue weighted by atomic mass is 79.9. The average Bonchev–Trinajstić information content (AvgIpc) is 2.36. The van der Waals surface area contributed by atoms with Gasteiger partial charge in [0.25, 0.3) is 5.56 Å². The van der Waals surface area contributed by atoms with Crippen molar-refractivity contribution in [2.75, 3.05) is 5.73 Å². The third-order valence-electron chi connectivity index (χ3n) is 2.64. The van der Waals surface area contributed by atoms with Gasteiger partial charge in [0.1, 0.15) is 4.47 Å². The van der Waals surface area contributed by atoms with Gasteiger partial charge in [-0.2, -0.15) is 13.2 Å². The number of rotatable bonds is 2. The zero-order chi connectivity index (χ0) is 14.9. The summed E-state index contributed by atoms with van der Waals surface area (Å²) in [4.78, 5) is 15.5. The van der Waals surface area contributed by atoms with Crippen LogP contribution in [0.4, 0.5) is 18.9 Å². The van der Waals surface area contributed by atoms with Crippen LogP contribution in [0, 0.1) is 0 Å². The monoisotopic (exact) mass is 347 g/mol. The van der Waals surface area contributed by atoms with E-state index in [9.17, 15) is 18.0 Å². The standard InChI is InChI=1S/C12H9BrF3N3O/c13-10-4-18-6-19(11(10)20)5-7-1-2-8(17)3-9(7)12(14,15)16/h1-4,6H,5,17H2. The minimum absolute atomic E-state index is 0.0146. The predicted octanol–water partition coefficient (Wildman–Crippen LogP) is 2.66. The van der Waals surface area contributed by atoms with Crippen LogP contribution in [-0.4, -0.2) is 9.55 Å². The molecule has 1 heterocycles. The largest absolute Gasteiger partial charge is 0.416 e. The Morgan fingerprint density at radius 3 is 2.70 bits per heavy atom. The number of aromatic nitrogens is 2. The van der Waals surface area contributed by atoms with Crippen LogP contribution >= 0.6 is 15.9 Å². The smallest absolute Gasteiger partial charge is 0.399 e. The second-order valence-corrected chi connectivity index (χ2v) is 4.94. The highest BCUT2D eigenvalue weighted by molar-refractivity contribution is 9.10. The molecule has 0 unspecified atom stereocenters. The quantitative estimate of drug-likeness (QED) is 0.849. The number of hydrogen-bond donors (Lipinski definition) is 1. The Kier molecular flexibility index (Phi) is 3.85. The van der Waals surface area contributed by atoms with Crippen molar-refractivity contribution in [1.29, 1.82) is 0 Å². The van der Waals surface area contributed by atoms with Crippen LogP contribution in [-0.2, 0) is 12.7 Å². The number of halogens is 4. The van der Waals surface area contributed by atoms with Gasteiger partial charge >= 0.3 is 6.18 Å². The van der Waals surface area contributed by atoms with Crippen molar-refractivity contribution in [3.05, 3.63) is 56.7 Å². The molecule has 0 saturated carbocycles. The summed E-state index contributed by atoms with van der Waals surface area (Å²) in [7, 11) is 0. The van der Waals surface area contributed by atoms with Gasteiger partial charge in [-0.3, -0.25) is 9.36 Å². The maximum atomic E-state index is 12.9. The van der Waals surface area contributed by atoms with Crippen molar-refractivity contribution in [1.82, 2.24) is 9.55 Å². The van der Waals surface area contributed by atoms with E-state index in [1.165, 1.54) is 24.7 Å². The first-order chi connectivity index (χ1) is 9.29. The van der Waals surface area contributed by atoms with E-state index in [0.29, 0.717) is 0 Å². The topological polar surface area (TPSA) is 60.9 Å². The molecule has 4 nitrogen and oxygen atoms in total. The van der Waals surface area contributed by atoms with Crippen LogP contribution in [0.15, 0.2) is 40.0 Å². The Bertz CT molecular complexity index is 697. The van der Waals surface area contributed by atoms with Crippen molar-refractivity contribution in [3.63, 3.8) is 0 Å². The van der Waals surface area contributed by atoms with Gasteiger partial charge in [-0.25, -0.2) is 4.98 Å². The van der Waals surface area contributed by atoms with Gasteiger partial charge < -0.3 is 5.73 Å². The van der Waals surface area contributed by atoms with E-state index < -0.39 is 17.3 Å². The number of hydrogen-bond acceptors (Lipinski definition) is 3. The SMILES string of the molecule is Nc1ccc(Cn2cncc(Br)c2=O)c(C(F)(F)F)c1. The lowest BCUT2D eigenvalue weighted by Gasteiger charge is -2.14. The molecule has 0 spiro atoms. The first kappa shape index (κ1) is 14.6. The lowest BCUT2D eigenvalue weighted by Crippen LogP contribution is -2.23. The summed E-state index contributed by atoms with van der Waals surface area (Å²) in [5.74, 6) is 0. The lowest BCUT2D eigenvalue weighted by atomic mass is 10.1. The number of alkyl halides is 3. The van der Waals surface area contributed by atoms with Crippen LogP contribution in [0.25, 0.3) is 0 Å². The molecule has 0 bridgehead atoms. The molecule has 0 aliphatic heterocycles. The van der Waals surface area contributed by atoms with Gasteiger partial charge in [0.15, 0.2) is 0 Å². The van der Waals surface area contributed by atoms with E-state index in [4.69, 9.17) is 5.73 Å². The van der Waals surface area contributed by atoms with Crippen molar-refractivity contribution in [3.8, 4) is 0 Å². The van der Waals surface area contributed by atoms with Crippen LogP contribution in [0.1, 0.15) is 11.1 Å². The fraction of sp³-hybridized carbons (Fsp3) is 0.167. The Balaban J connectivity index is 2.49. The molecule has 20 heavy (non-hydrogen) atoms. The van der Waals surface area contributed by atoms with Gasteiger partial charge in [-0.1, -0.05) is 6.07 Å². The fourth-order valence-corrected chi connectivity index (χ4v) is 2.06. The molecule has 0 amide bonds. The molecule has 106 valence electrons. The Hall–Kier alpha value is -1.83. The van der Waals surface area contributed by atoms with Gasteiger partial charge in [0, 0.05) is 11.9 Å². The van der Waals surface area contributed by atoms with Gasteiger partial charge in [0.05, 0.1) is 18.4 Å². The first-order valence-electron chi connectivity index (χ1n) is 5.44. The molecule has 8 heteroatoms. The fourth-order valence-electron chi connectivity index (χ4n) is 1.72. The molecule has 0 fully saturated rings. The Morgan fingerprint density at radius 2 is 2.05 bits per heavy atom. The summed E-state index contributed by atoms with van der Waals surface area (Å²) in [5.41, 5.74) is 4.04. The summed E-state index contributed by atoms with van der Waals surface area (Å²) in [6.45, 7) is -0.236. The molecule has 1 aromatic heterocycles. The maximum Gasteiger partial charge on any atom is 0.416 e. The molecular weight excluding hydrogens is 339 g/mol. The molecule has 2 rings (SSSR count). The lowest BCUT2D eigenvalue weighted by molar-refractivity contribution is -0.138. The molecular formula is C12H9BrF3N3O. The second-order valence-electron chi connectivity index (χ2n) is 4.09. The Morgan fingerprint density at radius 1 is 1.35 bits per heavy atom. The van der Waals surface area contributed by atoms with E-state index >= 15 is 0 Å². The summed E-state index contributed by atoms with van der Waals surface area (Å²) < 4.78 is 40.1. The third-order valence-corrected chi connectivity index (χ3v) is 3.18. The van der Waals surface area contributed by atoms with Crippen LogP contribution in [0.3, 0.4) is 0 Å². The summed E-state index contributed by atoms with van der Waals surface area (Å²) >= 11 is 2.99. The normalized spacial score (nSPS) is 11.6.